The molecule has 0 unspecified atom stereocenters. The van der Waals surface area contributed by atoms with Crippen molar-refractivity contribution in [1.29, 1.82) is 0 Å². The molecular weight excluding hydrogens is 377 g/mol. The molecule has 0 fully saturated rings. The highest BCUT2D eigenvalue weighted by atomic mass is 32.2. The summed E-state index contributed by atoms with van der Waals surface area (Å²) in [6.07, 6.45) is -0.642. The molecule has 148 valence electrons. The highest BCUT2D eigenvalue weighted by molar-refractivity contribution is 7.99. The second kappa shape index (κ2) is 9.21. The van der Waals surface area contributed by atoms with E-state index in [0.29, 0.717) is 22.7 Å². The Bertz CT molecular complexity index is 912. The fourth-order valence-electron chi connectivity index (χ4n) is 2.78. The number of hydrogen-bond donors (Lipinski definition) is 1. The van der Waals surface area contributed by atoms with E-state index in [1.807, 2.05) is 35.9 Å². The Hall–Kier alpha value is -2.38. The molecule has 3 aromatic rings. The molecule has 0 aliphatic carbocycles. The lowest BCUT2D eigenvalue weighted by atomic mass is 10.0. The molecule has 0 radical (unpaired) electrons. The smallest absolute Gasteiger partial charge is 0.191 e. The van der Waals surface area contributed by atoms with Gasteiger partial charge in [0.05, 0.1) is 6.10 Å². The number of ether oxygens (including phenoxy) is 1. The van der Waals surface area contributed by atoms with E-state index in [9.17, 15) is 9.50 Å². The van der Waals surface area contributed by atoms with Crippen LogP contribution >= 0.6 is 11.8 Å². The number of rotatable bonds is 8. The minimum Gasteiger partial charge on any atom is -0.491 e. The van der Waals surface area contributed by atoms with Gasteiger partial charge in [-0.2, -0.15) is 0 Å². The van der Waals surface area contributed by atoms with Gasteiger partial charge in [-0.1, -0.05) is 43.8 Å². The standard InChI is InChI=1S/C21H24FN3O2S/c1-14(2)18-6-4-5-7-19(18)27-12-17(26)13-28-21-24-23-20(25(21)3)15-8-10-16(22)11-9-15/h4-11,14,17,26H,12-13H2,1-3H3/t17-/m1/s1. The molecule has 1 N–H and O–H groups in total. The van der Waals surface area contributed by atoms with Crippen molar-refractivity contribution in [2.75, 3.05) is 12.4 Å². The molecule has 3 rings (SSSR count). The fraction of sp³-hybridized carbons (Fsp3) is 0.333. The van der Waals surface area contributed by atoms with Crippen molar-refractivity contribution in [1.82, 2.24) is 14.8 Å². The van der Waals surface area contributed by atoms with E-state index in [1.54, 1.807) is 12.1 Å². The fourth-order valence-corrected chi connectivity index (χ4v) is 3.60. The number of halogens is 1. The number of benzene rings is 2. The second-order valence-corrected chi connectivity index (χ2v) is 7.83. The second-order valence-electron chi connectivity index (χ2n) is 6.84. The molecule has 0 bridgehead atoms. The van der Waals surface area contributed by atoms with Gasteiger partial charge >= 0.3 is 0 Å². The van der Waals surface area contributed by atoms with Gasteiger partial charge in [-0.05, 0) is 41.8 Å². The lowest BCUT2D eigenvalue weighted by Crippen LogP contribution is -2.20. The average Bonchev–Trinajstić information content (AvgIpc) is 3.06. The first-order valence-electron chi connectivity index (χ1n) is 9.13. The summed E-state index contributed by atoms with van der Waals surface area (Å²) in [5.74, 6) is 1.95. The van der Waals surface area contributed by atoms with Crippen molar-refractivity contribution in [3.63, 3.8) is 0 Å². The Morgan fingerprint density at radius 3 is 2.54 bits per heavy atom. The summed E-state index contributed by atoms with van der Waals surface area (Å²) in [5, 5.41) is 19.3. The van der Waals surface area contributed by atoms with Crippen LogP contribution in [0.4, 0.5) is 4.39 Å². The van der Waals surface area contributed by atoms with E-state index in [2.05, 4.69) is 24.0 Å². The maximum Gasteiger partial charge on any atom is 0.191 e. The zero-order valence-electron chi connectivity index (χ0n) is 16.2. The topological polar surface area (TPSA) is 60.2 Å². The van der Waals surface area contributed by atoms with Gasteiger partial charge in [0.25, 0.3) is 0 Å². The molecule has 1 heterocycles. The first-order valence-corrected chi connectivity index (χ1v) is 10.1. The molecule has 28 heavy (non-hydrogen) atoms. The molecular formula is C21H24FN3O2S. The zero-order valence-corrected chi connectivity index (χ0v) is 17.0. The lowest BCUT2D eigenvalue weighted by molar-refractivity contribution is 0.125. The molecule has 0 aliphatic heterocycles. The Morgan fingerprint density at radius 2 is 1.82 bits per heavy atom. The predicted octanol–water partition coefficient (Wildman–Crippen LogP) is 4.28. The molecule has 5 nitrogen and oxygen atoms in total. The summed E-state index contributed by atoms with van der Waals surface area (Å²) < 4.78 is 20.8. The highest BCUT2D eigenvalue weighted by Crippen LogP contribution is 2.27. The summed E-state index contributed by atoms with van der Waals surface area (Å²) in [4.78, 5) is 0. The third-order valence-corrected chi connectivity index (χ3v) is 5.48. The van der Waals surface area contributed by atoms with Crippen LogP contribution in [0.1, 0.15) is 25.3 Å². The van der Waals surface area contributed by atoms with Crippen LogP contribution in [0.3, 0.4) is 0 Å². The van der Waals surface area contributed by atoms with Crippen LogP contribution in [0.25, 0.3) is 11.4 Å². The van der Waals surface area contributed by atoms with Crippen LogP contribution in [-0.2, 0) is 7.05 Å². The maximum absolute atomic E-state index is 13.1. The molecule has 0 aliphatic rings. The molecule has 1 aromatic heterocycles. The predicted molar refractivity (Wildman–Crippen MR) is 109 cm³/mol. The first-order chi connectivity index (χ1) is 13.5. The molecule has 0 amide bonds. The Balaban J connectivity index is 1.57. The van der Waals surface area contributed by atoms with Gasteiger partial charge < -0.3 is 14.4 Å². The van der Waals surface area contributed by atoms with Crippen molar-refractivity contribution in [2.24, 2.45) is 7.05 Å². The van der Waals surface area contributed by atoms with E-state index < -0.39 is 6.10 Å². The minimum atomic E-state index is -0.642. The molecule has 7 heteroatoms. The van der Waals surface area contributed by atoms with E-state index in [1.165, 1.54) is 23.9 Å². The van der Waals surface area contributed by atoms with Crippen molar-refractivity contribution in [2.45, 2.75) is 31.0 Å². The van der Waals surface area contributed by atoms with E-state index in [0.717, 1.165) is 16.9 Å². The average molecular weight is 402 g/mol. The molecule has 0 saturated carbocycles. The number of thioether (sulfide) groups is 1. The van der Waals surface area contributed by atoms with Crippen LogP contribution < -0.4 is 4.74 Å². The SMILES string of the molecule is CC(C)c1ccccc1OC[C@@H](O)CSc1nnc(-c2ccc(F)cc2)n1C. The number of para-hydroxylation sites is 1. The number of aromatic nitrogens is 3. The molecule has 2 aromatic carbocycles. The van der Waals surface area contributed by atoms with Crippen molar-refractivity contribution >= 4 is 11.8 Å². The van der Waals surface area contributed by atoms with Gasteiger partial charge in [-0.25, -0.2) is 4.39 Å². The van der Waals surface area contributed by atoms with Gasteiger partial charge in [0.1, 0.15) is 18.2 Å². The largest absolute Gasteiger partial charge is 0.491 e. The van der Waals surface area contributed by atoms with Crippen molar-refractivity contribution in [3.8, 4) is 17.1 Å². The quantitative estimate of drug-likeness (QED) is 0.571. The van der Waals surface area contributed by atoms with Gasteiger partial charge in [-0.15, -0.1) is 10.2 Å². The van der Waals surface area contributed by atoms with Crippen LogP contribution in [0, 0.1) is 5.82 Å². The highest BCUT2D eigenvalue weighted by Gasteiger charge is 2.15. The zero-order chi connectivity index (χ0) is 20.1. The van der Waals surface area contributed by atoms with Crippen LogP contribution in [-0.4, -0.2) is 38.3 Å². The number of hydrogen-bond acceptors (Lipinski definition) is 5. The van der Waals surface area contributed by atoms with E-state index in [-0.39, 0.29) is 12.4 Å². The van der Waals surface area contributed by atoms with Crippen LogP contribution in [0.5, 0.6) is 5.75 Å². The van der Waals surface area contributed by atoms with E-state index in [4.69, 9.17) is 4.74 Å². The third kappa shape index (κ3) is 4.91. The van der Waals surface area contributed by atoms with Gasteiger partial charge in [-0.3, -0.25) is 0 Å². The minimum absolute atomic E-state index is 0.208. The molecule has 1 atom stereocenters. The Morgan fingerprint density at radius 1 is 1.11 bits per heavy atom. The summed E-state index contributed by atoms with van der Waals surface area (Å²) in [5.41, 5.74) is 1.91. The number of aliphatic hydroxyl groups is 1. The van der Waals surface area contributed by atoms with Crippen LogP contribution in [0.2, 0.25) is 0 Å². The third-order valence-electron chi connectivity index (χ3n) is 4.31. The van der Waals surface area contributed by atoms with Gasteiger partial charge in [0.15, 0.2) is 11.0 Å². The maximum atomic E-state index is 13.1. The first kappa shape index (κ1) is 20.4. The van der Waals surface area contributed by atoms with Crippen molar-refractivity contribution in [3.05, 3.63) is 59.9 Å². The summed E-state index contributed by atoms with van der Waals surface area (Å²) in [6, 6.07) is 14.0. The van der Waals surface area contributed by atoms with Crippen molar-refractivity contribution < 1.29 is 14.2 Å². The van der Waals surface area contributed by atoms with Gasteiger partial charge in [0, 0.05) is 18.4 Å². The summed E-state index contributed by atoms with van der Waals surface area (Å²) in [6.45, 7) is 4.43. The molecule has 0 saturated heterocycles. The summed E-state index contributed by atoms with van der Waals surface area (Å²) in [7, 11) is 1.85. The van der Waals surface area contributed by atoms with Crippen LogP contribution in [0.15, 0.2) is 53.7 Å². The number of nitrogens with zero attached hydrogens (tertiary/aromatic N) is 3. The van der Waals surface area contributed by atoms with E-state index >= 15 is 0 Å². The monoisotopic (exact) mass is 401 g/mol. The Kier molecular flexibility index (Phi) is 6.70. The summed E-state index contributed by atoms with van der Waals surface area (Å²) >= 11 is 1.40. The number of aliphatic hydroxyl groups excluding tert-OH is 1. The molecule has 0 spiro atoms. The Labute approximate surface area is 168 Å². The van der Waals surface area contributed by atoms with Gasteiger partial charge in [0.2, 0.25) is 0 Å². The lowest BCUT2D eigenvalue weighted by Gasteiger charge is -2.16. The normalized spacial score (nSPS) is 12.4.